The number of hydrogen-bond donors (Lipinski definition) is 1. The molecule has 26 heavy (non-hydrogen) atoms. The summed E-state index contributed by atoms with van der Waals surface area (Å²) >= 11 is 3.17. The first kappa shape index (κ1) is 20.9. The van der Waals surface area contributed by atoms with Crippen LogP contribution in [0.15, 0.2) is 6.20 Å². The Morgan fingerprint density at radius 3 is 2.46 bits per heavy atom. The quantitative estimate of drug-likeness (QED) is 0.449. The molecule has 5 nitrogen and oxygen atoms in total. The van der Waals surface area contributed by atoms with E-state index in [4.69, 9.17) is 5.11 Å². The van der Waals surface area contributed by atoms with E-state index in [9.17, 15) is 9.59 Å². The van der Waals surface area contributed by atoms with Crippen molar-refractivity contribution in [2.45, 2.75) is 59.3 Å². The topological polar surface area (TPSA) is 80.2 Å². The minimum atomic E-state index is -0.394. The predicted molar refractivity (Wildman–Crippen MR) is 106 cm³/mol. The van der Waals surface area contributed by atoms with Crippen molar-refractivity contribution < 1.29 is 14.7 Å². The number of carbonyl (C=O) groups excluding carboxylic acids is 2. The Labute approximate surface area is 162 Å². The van der Waals surface area contributed by atoms with Gasteiger partial charge >= 0.3 is 0 Å². The van der Waals surface area contributed by atoms with Crippen LogP contribution in [0.3, 0.4) is 0 Å². The van der Waals surface area contributed by atoms with Crippen LogP contribution in [0.4, 0.5) is 0 Å². The highest BCUT2D eigenvalue weighted by molar-refractivity contribution is 7.21. The van der Waals surface area contributed by atoms with E-state index in [0.717, 1.165) is 39.0 Å². The highest BCUT2D eigenvalue weighted by Crippen LogP contribution is 2.33. The van der Waals surface area contributed by atoms with E-state index < -0.39 is 6.61 Å². The lowest BCUT2D eigenvalue weighted by atomic mass is 10.0. The number of aryl methyl sites for hydroxylation is 1. The first-order valence-corrected chi connectivity index (χ1v) is 10.6. The molecule has 1 N–H and O–H groups in total. The maximum absolute atomic E-state index is 12.7. The molecule has 0 aliphatic heterocycles. The number of Topliss-reactive ketones (excluding diaryl/α,β-unsaturated/α-hetero) is 2. The normalized spacial score (nSPS) is 11.3. The molecule has 0 atom stereocenters. The molecule has 2 aromatic rings. The first-order valence-electron chi connectivity index (χ1n) is 8.99. The SMILES string of the molecule is Cc1cnc(-c2nc(C(=O)CCCCCC(=O)CO)c(CC(C)C)s2)s1. The summed E-state index contributed by atoms with van der Waals surface area (Å²) in [7, 11) is 0. The van der Waals surface area contributed by atoms with E-state index in [2.05, 4.69) is 23.8 Å². The molecule has 2 rings (SSSR count). The Balaban J connectivity index is 2.02. The van der Waals surface area contributed by atoms with Crippen LogP contribution in [-0.4, -0.2) is 33.2 Å². The van der Waals surface area contributed by atoms with Gasteiger partial charge in [0.05, 0.1) is 0 Å². The number of carbonyl (C=O) groups is 2. The third kappa shape index (κ3) is 6.07. The second-order valence-electron chi connectivity index (χ2n) is 6.85. The molecule has 0 bridgehead atoms. The number of aromatic nitrogens is 2. The Bertz CT molecular complexity index is 750. The molecular formula is C19H26N2O3S2. The van der Waals surface area contributed by atoms with Crippen LogP contribution in [0, 0.1) is 12.8 Å². The van der Waals surface area contributed by atoms with Crippen molar-refractivity contribution in [3.8, 4) is 10.0 Å². The summed E-state index contributed by atoms with van der Waals surface area (Å²) in [5, 5.41) is 10.4. The number of nitrogens with zero attached hydrogens (tertiary/aromatic N) is 2. The zero-order valence-corrected chi connectivity index (χ0v) is 17.2. The molecule has 2 aromatic heterocycles. The van der Waals surface area contributed by atoms with Gasteiger partial charge in [0.25, 0.3) is 0 Å². The Morgan fingerprint density at radius 1 is 1.12 bits per heavy atom. The van der Waals surface area contributed by atoms with Gasteiger partial charge in [-0.15, -0.1) is 22.7 Å². The average Bonchev–Trinajstić information content (AvgIpc) is 3.20. The van der Waals surface area contributed by atoms with Crippen LogP contribution in [0.5, 0.6) is 0 Å². The van der Waals surface area contributed by atoms with E-state index in [1.165, 1.54) is 0 Å². The van der Waals surface area contributed by atoms with Crippen molar-refractivity contribution in [3.63, 3.8) is 0 Å². The molecule has 0 aromatic carbocycles. The van der Waals surface area contributed by atoms with Crippen LogP contribution in [0.2, 0.25) is 0 Å². The van der Waals surface area contributed by atoms with Crippen LogP contribution in [0.1, 0.15) is 66.2 Å². The molecule has 0 saturated carbocycles. The smallest absolute Gasteiger partial charge is 0.182 e. The van der Waals surface area contributed by atoms with Gasteiger partial charge in [0, 0.05) is 28.8 Å². The van der Waals surface area contributed by atoms with E-state index in [1.54, 1.807) is 22.7 Å². The van der Waals surface area contributed by atoms with Crippen LogP contribution in [-0.2, 0) is 11.2 Å². The lowest BCUT2D eigenvalue weighted by molar-refractivity contribution is -0.121. The summed E-state index contributed by atoms with van der Waals surface area (Å²) in [5.74, 6) is 0.390. The summed E-state index contributed by atoms with van der Waals surface area (Å²) in [4.78, 5) is 34.9. The maximum Gasteiger partial charge on any atom is 0.182 e. The zero-order chi connectivity index (χ0) is 19.1. The molecule has 7 heteroatoms. The lowest BCUT2D eigenvalue weighted by Crippen LogP contribution is -2.06. The van der Waals surface area contributed by atoms with Crippen LogP contribution >= 0.6 is 22.7 Å². The number of thiazole rings is 2. The molecule has 0 spiro atoms. The third-order valence-corrected chi connectivity index (χ3v) is 6.03. The second-order valence-corrected chi connectivity index (χ2v) is 9.16. The van der Waals surface area contributed by atoms with Crippen molar-refractivity contribution in [2.75, 3.05) is 6.61 Å². The van der Waals surface area contributed by atoms with E-state index in [0.29, 0.717) is 30.9 Å². The number of hydrogen-bond acceptors (Lipinski definition) is 7. The number of aliphatic hydroxyl groups excluding tert-OH is 1. The first-order chi connectivity index (χ1) is 12.4. The standard InChI is InChI=1S/C19H26N2O3S2/c1-12(2)9-16-17(15(24)8-6-4-5-7-14(23)11-22)21-19(26-16)18-20-10-13(3)25-18/h10,12,22H,4-9,11H2,1-3H3. The highest BCUT2D eigenvalue weighted by Gasteiger charge is 2.20. The van der Waals surface area contributed by atoms with Crippen LogP contribution in [0.25, 0.3) is 10.0 Å². The summed E-state index contributed by atoms with van der Waals surface area (Å²) < 4.78 is 0. The maximum atomic E-state index is 12.7. The molecule has 0 saturated heterocycles. The minimum absolute atomic E-state index is 0.0740. The largest absolute Gasteiger partial charge is 0.389 e. The zero-order valence-electron chi connectivity index (χ0n) is 15.6. The molecule has 0 aliphatic carbocycles. The fourth-order valence-corrected chi connectivity index (χ4v) is 4.69. The number of rotatable bonds is 11. The second kappa shape index (κ2) is 10.0. The van der Waals surface area contributed by atoms with Gasteiger partial charge in [-0.1, -0.05) is 20.3 Å². The molecule has 0 unspecified atom stereocenters. The van der Waals surface area contributed by atoms with Gasteiger partial charge in [-0.25, -0.2) is 9.97 Å². The fourth-order valence-electron chi connectivity index (χ4n) is 2.61. The Morgan fingerprint density at radius 2 is 1.85 bits per heavy atom. The van der Waals surface area contributed by atoms with E-state index in [-0.39, 0.29) is 11.6 Å². The monoisotopic (exact) mass is 394 g/mol. The van der Waals surface area contributed by atoms with Crippen molar-refractivity contribution >= 4 is 34.2 Å². The molecule has 0 radical (unpaired) electrons. The molecule has 2 heterocycles. The number of aliphatic hydroxyl groups is 1. The molecule has 142 valence electrons. The van der Waals surface area contributed by atoms with Gasteiger partial charge in [0.15, 0.2) is 21.6 Å². The van der Waals surface area contributed by atoms with Crippen molar-refractivity contribution in [2.24, 2.45) is 5.92 Å². The van der Waals surface area contributed by atoms with E-state index in [1.807, 2.05) is 13.1 Å². The Kier molecular flexibility index (Phi) is 8.06. The highest BCUT2D eigenvalue weighted by atomic mass is 32.1. The van der Waals surface area contributed by atoms with Gasteiger partial charge < -0.3 is 5.11 Å². The van der Waals surface area contributed by atoms with Gasteiger partial charge in [0.1, 0.15) is 12.3 Å². The summed E-state index contributed by atoms with van der Waals surface area (Å²) in [5.41, 5.74) is 0.595. The fraction of sp³-hybridized carbons (Fsp3) is 0.579. The summed E-state index contributed by atoms with van der Waals surface area (Å²) in [6.45, 7) is 5.89. The lowest BCUT2D eigenvalue weighted by Gasteiger charge is -2.04. The number of unbranched alkanes of at least 4 members (excludes halogenated alkanes) is 2. The predicted octanol–water partition coefficient (Wildman–Crippen LogP) is 4.47. The summed E-state index contributed by atoms with van der Waals surface area (Å²) in [6.07, 6.45) is 5.76. The number of ketones is 2. The minimum Gasteiger partial charge on any atom is -0.389 e. The molecule has 0 aliphatic rings. The Hall–Kier alpha value is -1.44. The van der Waals surface area contributed by atoms with Crippen molar-refractivity contribution in [1.29, 1.82) is 0 Å². The van der Waals surface area contributed by atoms with Gasteiger partial charge in [-0.05, 0) is 32.1 Å². The van der Waals surface area contributed by atoms with Gasteiger partial charge in [-0.2, -0.15) is 0 Å². The van der Waals surface area contributed by atoms with Crippen LogP contribution < -0.4 is 0 Å². The molecular weight excluding hydrogens is 368 g/mol. The van der Waals surface area contributed by atoms with Gasteiger partial charge in [-0.3, -0.25) is 9.59 Å². The van der Waals surface area contributed by atoms with Gasteiger partial charge in [0.2, 0.25) is 0 Å². The molecule has 0 amide bonds. The average molecular weight is 395 g/mol. The third-order valence-electron chi connectivity index (χ3n) is 3.90. The van der Waals surface area contributed by atoms with E-state index >= 15 is 0 Å². The summed E-state index contributed by atoms with van der Waals surface area (Å²) in [6, 6.07) is 0. The molecule has 0 fully saturated rings. The van der Waals surface area contributed by atoms with Crippen molar-refractivity contribution in [3.05, 3.63) is 21.6 Å². The van der Waals surface area contributed by atoms with Crippen molar-refractivity contribution in [1.82, 2.24) is 9.97 Å².